The van der Waals surface area contributed by atoms with Crippen LogP contribution in [0.4, 0.5) is 4.39 Å². The van der Waals surface area contributed by atoms with E-state index in [-0.39, 0.29) is 44.6 Å². The van der Waals surface area contributed by atoms with Crippen molar-refractivity contribution in [1.29, 1.82) is 0 Å². The Balaban J connectivity index is 0.00000300. The molecule has 153 valence electrons. The molecule has 1 aliphatic rings. The second kappa shape index (κ2) is 10.9. The Labute approximate surface area is 200 Å². The Morgan fingerprint density at radius 1 is 1.03 bits per heavy atom. The monoisotopic (exact) mass is 471 g/mol. The zero-order valence-electron chi connectivity index (χ0n) is 18.1. The summed E-state index contributed by atoms with van der Waals surface area (Å²) in [6, 6.07) is 13.1. The predicted molar refractivity (Wildman–Crippen MR) is 113 cm³/mol. The molecule has 0 bridgehead atoms. The number of benzene rings is 2. The third kappa shape index (κ3) is 5.84. The Bertz CT molecular complexity index is 809. The number of ketones is 1. The van der Waals surface area contributed by atoms with Crippen LogP contribution < -0.4 is 0 Å². The summed E-state index contributed by atoms with van der Waals surface area (Å²) in [5, 5.41) is 0. The maximum atomic E-state index is 13.8. The van der Waals surface area contributed by atoms with Crippen molar-refractivity contribution in [3.05, 3.63) is 70.5 Å². The van der Waals surface area contributed by atoms with Crippen LogP contribution in [0.3, 0.4) is 0 Å². The van der Waals surface area contributed by atoms with Crippen LogP contribution in [0.1, 0.15) is 54.9 Å². The van der Waals surface area contributed by atoms with Crippen molar-refractivity contribution in [2.24, 2.45) is 0 Å². The Kier molecular flexibility index (Phi) is 9.19. The van der Waals surface area contributed by atoms with E-state index in [0.29, 0.717) is 12.2 Å². The SMILES string of the molecule is CCC(C(=O)Cc1c(C)cccc1C)[N+]1(Cc2cccc(F)c2)CCCCC1.[Y]. The number of likely N-dealkylation sites (tertiary alicyclic amines) is 1. The summed E-state index contributed by atoms with van der Waals surface area (Å²) in [4.78, 5) is 13.5. The first-order valence-electron chi connectivity index (χ1n) is 10.6. The zero-order valence-corrected chi connectivity index (χ0v) is 20.9. The van der Waals surface area contributed by atoms with E-state index < -0.39 is 0 Å². The van der Waals surface area contributed by atoms with Gasteiger partial charge in [0.2, 0.25) is 0 Å². The van der Waals surface area contributed by atoms with Crippen molar-refractivity contribution in [3.63, 3.8) is 0 Å². The number of quaternary nitrogens is 1. The van der Waals surface area contributed by atoms with Gasteiger partial charge in [0, 0.05) is 51.1 Å². The molecule has 0 spiro atoms. The molecular formula is C25H33FNOY+. The molecule has 3 rings (SSSR count). The molecule has 1 atom stereocenters. The number of hydrogen-bond acceptors (Lipinski definition) is 1. The number of Topliss-reactive ketones (excluding diaryl/α,β-unsaturated/α-hetero) is 1. The van der Waals surface area contributed by atoms with Crippen molar-refractivity contribution in [3.8, 4) is 0 Å². The van der Waals surface area contributed by atoms with Gasteiger partial charge in [0.1, 0.15) is 18.4 Å². The minimum atomic E-state index is -0.192. The van der Waals surface area contributed by atoms with Crippen LogP contribution in [0.5, 0.6) is 0 Å². The number of rotatable bonds is 7. The van der Waals surface area contributed by atoms with Crippen molar-refractivity contribution in [2.45, 2.75) is 65.5 Å². The van der Waals surface area contributed by atoms with Crippen LogP contribution in [-0.2, 0) is 50.5 Å². The topological polar surface area (TPSA) is 17.1 Å². The van der Waals surface area contributed by atoms with Crippen molar-refractivity contribution in [1.82, 2.24) is 0 Å². The van der Waals surface area contributed by atoms with Gasteiger partial charge in [0.05, 0.1) is 13.1 Å². The molecule has 0 saturated carbocycles. The van der Waals surface area contributed by atoms with Crippen LogP contribution in [-0.4, -0.2) is 29.4 Å². The Morgan fingerprint density at radius 3 is 2.24 bits per heavy atom. The number of halogens is 1. The smallest absolute Gasteiger partial charge is 0.194 e. The number of carbonyl (C=O) groups excluding carboxylic acids is 1. The largest absolute Gasteiger partial charge is 0.311 e. The fraction of sp³-hybridized carbons (Fsp3) is 0.480. The van der Waals surface area contributed by atoms with Crippen LogP contribution in [0, 0.1) is 19.7 Å². The molecule has 0 N–H and O–H groups in total. The first kappa shape index (κ1) is 24.4. The van der Waals surface area contributed by atoms with Crippen molar-refractivity contribution >= 4 is 5.78 Å². The van der Waals surface area contributed by atoms with Crippen LogP contribution >= 0.6 is 0 Å². The molecule has 2 nitrogen and oxygen atoms in total. The van der Waals surface area contributed by atoms with Crippen LogP contribution in [0.15, 0.2) is 42.5 Å². The molecule has 4 heteroatoms. The molecule has 1 saturated heterocycles. The molecule has 0 amide bonds. The van der Waals surface area contributed by atoms with Crippen LogP contribution in [0.25, 0.3) is 0 Å². The quantitative estimate of drug-likeness (QED) is 0.486. The molecule has 0 aromatic heterocycles. The van der Waals surface area contributed by atoms with E-state index in [2.05, 4.69) is 39.0 Å². The van der Waals surface area contributed by atoms with Gasteiger partial charge in [-0.3, -0.25) is 4.79 Å². The first-order valence-corrected chi connectivity index (χ1v) is 10.6. The average Bonchev–Trinajstić information content (AvgIpc) is 2.66. The van der Waals surface area contributed by atoms with Crippen LogP contribution in [0.2, 0.25) is 0 Å². The maximum Gasteiger partial charge on any atom is 0.194 e. The molecule has 1 radical (unpaired) electrons. The van der Waals surface area contributed by atoms with E-state index in [1.165, 1.54) is 29.2 Å². The molecule has 2 aromatic carbocycles. The molecule has 1 aliphatic heterocycles. The summed E-state index contributed by atoms with van der Waals surface area (Å²) in [5.41, 5.74) is 4.56. The number of hydrogen-bond donors (Lipinski definition) is 0. The normalized spacial score (nSPS) is 16.7. The van der Waals surface area contributed by atoms with E-state index >= 15 is 0 Å². The Morgan fingerprint density at radius 2 is 1.66 bits per heavy atom. The minimum absolute atomic E-state index is 0. The molecule has 0 aliphatic carbocycles. The van der Waals surface area contributed by atoms with Gasteiger partial charge < -0.3 is 4.48 Å². The summed E-state index contributed by atoms with van der Waals surface area (Å²) < 4.78 is 14.6. The number of nitrogens with zero attached hydrogens (tertiary/aromatic N) is 1. The number of carbonyl (C=O) groups is 1. The van der Waals surface area contributed by atoms with E-state index in [9.17, 15) is 9.18 Å². The minimum Gasteiger partial charge on any atom is -0.311 e. The number of piperidine rings is 1. The Hall–Kier alpha value is -0.896. The third-order valence-corrected chi connectivity index (χ3v) is 6.51. The third-order valence-electron chi connectivity index (χ3n) is 6.51. The van der Waals surface area contributed by atoms with E-state index in [1.54, 1.807) is 12.1 Å². The molecule has 2 aromatic rings. The van der Waals surface area contributed by atoms with Gasteiger partial charge in [-0.25, -0.2) is 4.39 Å². The van der Waals surface area contributed by atoms with E-state index in [0.717, 1.165) is 48.9 Å². The second-order valence-electron chi connectivity index (χ2n) is 8.45. The van der Waals surface area contributed by atoms with E-state index in [4.69, 9.17) is 0 Å². The van der Waals surface area contributed by atoms with Gasteiger partial charge in [-0.1, -0.05) is 37.3 Å². The van der Waals surface area contributed by atoms with Gasteiger partial charge in [-0.05, 0) is 61.9 Å². The fourth-order valence-corrected chi connectivity index (χ4v) is 5.06. The van der Waals surface area contributed by atoms with Crippen molar-refractivity contribution < 1.29 is 46.4 Å². The second-order valence-corrected chi connectivity index (χ2v) is 8.45. The molecule has 1 fully saturated rings. The maximum absolute atomic E-state index is 13.8. The van der Waals surface area contributed by atoms with Gasteiger partial charge in [0.15, 0.2) is 5.78 Å². The molecule has 1 unspecified atom stereocenters. The summed E-state index contributed by atoms with van der Waals surface area (Å²) in [5.74, 6) is 0.140. The van der Waals surface area contributed by atoms with Crippen molar-refractivity contribution in [2.75, 3.05) is 13.1 Å². The summed E-state index contributed by atoms with van der Waals surface area (Å²) >= 11 is 0. The van der Waals surface area contributed by atoms with E-state index in [1.807, 2.05) is 6.07 Å². The predicted octanol–water partition coefficient (Wildman–Crippen LogP) is 5.53. The fourth-order valence-electron chi connectivity index (χ4n) is 5.06. The summed E-state index contributed by atoms with van der Waals surface area (Å²) in [7, 11) is 0. The van der Waals surface area contributed by atoms with Gasteiger partial charge in [-0.15, -0.1) is 0 Å². The van der Waals surface area contributed by atoms with Gasteiger partial charge in [-0.2, -0.15) is 0 Å². The number of aryl methyl sites for hydroxylation is 2. The van der Waals surface area contributed by atoms with Gasteiger partial charge >= 0.3 is 0 Å². The summed E-state index contributed by atoms with van der Waals surface area (Å²) in [6.07, 6.45) is 4.84. The molecule has 29 heavy (non-hydrogen) atoms. The standard InChI is InChI=1S/C25H33FNO.Y/c1-4-24(25(28)17-23-19(2)10-8-11-20(23)3)27(14-6-5-7-15-27)18-21-12-9-13-22(26)16-21;/h8-13,16,24H,4-7,14-15,17-18H2,1-3H3;/q+1;. The molecular weight excluding hydrogens is 438 g/mol. The van der Waals surface area contributed by atoms with Gasteiger partial charge in [0.25, 0.3) is 0 Å². The summed E-state index contributed by atoms with van der Waals surface area (Å²) in [6.45, 7) is 9.08. The first-order chi connectivity index (χ1) is 13.4. The average molecular weight is 471 g/mol. The zero-order chi connectivity index (χ0) is 20.1. The molecule has 1 heterocycles.